The number of benzene rings is 1. The summed E-state index contributed by atoms with van der Waals surface area (Å²) in [7, 11) is 0. The lowest BCUT2D eigenvalue weighted by Gasteiger charge is -2.21. The summed E-state index contributed by atoms with van der Waals surface area (Å²) in [5, 5.41) is 9.18. The molecule has 0 spiro atoms. The Hall–Kier alpha value is -1.33. The summed E-state index contributed by atoms with van der Waals surface area (Å²) in [6, 6.07) is 10.5. The maximum atomic E-state index is 9.18. The van der Waals surface area contributed by atoms with Crippen LogP contribution in [0.4, 0.5) is 0 Å². The number of rotatable bonds is 5. The standard InChI is InChI=1S/C16H24N2/c1-5-12(4)13-6-8-14(9-7-13)16(18)15(10-17)11(2)3/h6-9,11-12,15-16H,5,18H2,1-4H3. The fraction of sp³-hybridized carbons (Fsp3) is 0.562. The Bertz CT molecular complexity index is 400. The molecule has 1 aromatic rings. The van der Waals surface area contributed by atoms with Gasteiger partial charge in [-0.25, -0.2) is 0 Å². The van der Waals surface area contributed by atoms with Crippen LogP contribution in [0.15, 0.2) is 24.3 Å². The van der Waals surface area contributed by atoms with Gasteiger partial charge in [-0.2, -0.15) is 5.26 Å². The van der Waals surface area contributed by atoms with Crippen molar-refractivity contribution in [1.82, 2.24) is 0 Å². The van der Waals surface area contributed by atoms with Crippen LogP contribution in [0.25, 0.3) is 0 Å². The molecule has 0 fully saturated rings. The summed E-state index contributed by atoms with van der Waals surface area (Å²) in [6.07, 6.45) is 1.14. The maximum absolute atomic E-state index is 9.18. The van der Waals surface area contributed by atoms with Gasteiger partial charge in [-0.3, -0.25) is 0 Å². The number of nitrogens with two attached hydrogens (primary N) is 1. The van der Waals surface area contributed by atoms with E-state index in [0.717, 1.165) is 12.0 Å². The second-order valence-corrected chi connectivity index (χ2v) is 5.40. The molecular formula is C16H24N2. The third-order valence-electron chi connectivity index (χ3n) is 3.76. The van der Waals surface area contributed by atoms with Crippen LogP contribution in [0.5, 0.6) is 0 Å². The highest BCUT2D eigenvalue weighted by molar-refractivity contribution is 5.28. The largest absolute Gasteiger partial charge is 0.323 e. The zero-order valence-electron chi connectivity index (χ0n) is 11.9. The lowest BCUT2D eigenvalue weighted by atomic mass is 9.85. The van der Waals surface area contributed by atoms with E-state index in [1.54, 1.807) is 0 Å². The van der Waals surface area contributed by atoms with Crippen LogP contribution in [-0.4, -0.2) is 0 Å². The number of hydrogen-bond acceptors (Lipinski definition) is 2. The third-order valence-corrected chi connectivity index (χ3v) is 3.76. The van der Waals surface area contributed by atoms with Crippen molar-refractivity contribution in [3.63, 3.8) is 0 Å². The van der Waals surface area contributed by atoms with Crippen molar-refractivity contribution < 1.29 is 0 Å². The van der Waals surface area contributed by atoms with Crippen molar-refractivity contribution in [3.05, 3.63) is 35.4 Å². The summed E-state index contributed by atoms with van der Waals surface area (Å²) >= 11 is 0. The average Bonchev–Trinajstić information content (AvgIpc) is 2.38. The molecule has 2 heteroatoms. The first-order chi connectivity index (χ1) is 8.51. The number of nitriles is 1. The first-order valence-corrected chi connectivity index (χ1v) is 6.76. The lowest BCUT2D eigenvalue weighted by Crippen LogP contribution is -2.24. The normalized spacial score (nSPS) is 16.1. The van der Waals surface area contributed by atoms with Crippen molar-refractivity contribution in [2.24, 2.45) is 17.6 Å². The van der Waals surface area contributed by atoms with Crippen molar-refractivity contribution in [2.75, 3.05) is 0 Å². The Balaban J connectivity index is 2.88. The zero-order valence-corrected chi connectivity index (χ0v) is 11.9. The molecule has 3 unspecified atom stereocenters. The Kier molecular flexibility index (Phi) is 5.37. The van der Waals surface area contributed by atoms with E-state index in [0.29, 0.717) is 5.92 Å². The quantitative estimate of drug-likeness (QED) is 0.851. The molecular weight excluding hydrogens is 220 g/mol. The van der Waals surface area contributed by atoms with Crippen LogP contribution < -0.4 is 5.73 Å². The first kappa shape index (κ1) is 14.7. The van der Waals surface area contributed by atoms with Gasteiger partial charge in [-0.1, -0.05) is 52.0 Å². The second kappa shape index (κ2) is 6.56. The molecule has 2 N–H and O–H groups in total. The Labute approximate surface area is 111 Å². The highest BCUT2D eigenvalue weighted by Crippen LogP contribution is 2.27. The predicted octanol–water partition coefficient (Wildman–Crippen LogP) is 4.00. The Morgan fingerprint density at radius 2 is 1.61 bits per heavy atom. The molecule has 0 amide bonds. The molecule has 1 aromatic carbocycles. The van der Waals surface area contributed by atoms with E-state index in [-0.39, 0.29) is 17.9 Å². The van der Waals surface area contributed by atoms with E-state index in [1.165, 1.54) is 5.56 Å². The Morgan fingerprint density at radius 1 is 1.11 bits per heavy atom. The van der Waals surface area contributed by atoms with E-state index in [2.05, 4.69) is 44.2 Å². The van der Waals surface area contributed by atoms with Gasteiger partial charge < -0.3 is 5.73 Å². The summed E-state index contributed by atoms with van der Waals surface area (Å²) in [5.74, 6) is 0.728. The van der Waals surface area contributed by atoms with Crippen molar-refractivity contribution in [1.29, 1.82) is 5.26 Å². The van der Waals surface area contributed by atoms with Gasteiger partial charge >= 0.3 is 0 Å². The van der Waals surface area contributed by atoms with Gasteiger partial charge in [0.05, 0.1) is 12.0 Å². The molecule has 0 aliphatic heterocycles. The molecule has 18 heavy (non-hydrogen) atoms. The van der Waals surface area contributed by atoms with E-state index >= 15 is 0 Å². The van der Waals surface area contributed by atoms with E-state index in [1.807, 2.05) is 13.8 Å². The highest BCUT2D eigenvalue weighted by atomic mass is 14.7. The monoisotopic (exact) mass is 244 g/mol. The molecule has 0 heterocycles. The minimum absolute atomic E-state index is 0.126. The van der Waals surface area contributed by atoms with Crippen LogP contribution in [0, 0.1) is 23.2 Å². The fourth-order valence-corrected chi connectivity index (χ4v) is 2.13. The van der Waals surface area contributed by atoms with E-state index < -0.39 is 0 Å². The van der Waals surface area contributed by atoms with Gasteiger partial charge in [-0.15, -0.1) is 0 Å². The van der Waals surface area contributed by atoms with Gasteiger partial charge in [0.2, 0.25) is 0 Å². The highest BCUT2D eigenvalue weighted by Gasteiger charge is 2.22. The van der Waals surface area contributed by atoms with Gasteiger partial charge in [-0.05, 0) is 29.4 Å². The van der Waals surface area contributed by atoms with Crippen molar-refractivity contribution >= 4 is 0 Å². The minimum atomic E-state index is -0.194. The predicted molar refractivity (Wildman–Crippen MR) is 76.0 cm³/mol. The molecule has 0 bridgehead atoms. The van der Waals surface area contributed by atoms with E-state index in [9.17, 15) is 5.26 Å². The number of hydrogen-bond donors (Lipinski definition) is 1. The van der Waals surface area contributed by atoms with Crippen LogP contribution in [-0.2, 0) is 0 Å². The molecule has 3 atom stereocenters. The molecule has 0 radical (unpaired) electrons. The second-order valence-electron chi connectivity index (χ2n) is 5.40. The Morgan fingerprint density at radius 3 is 2.00 bits per heavy atom. The number of nitrogens with zero attached hydrogens (tertiary/aromatic N) is 1. The summed E-state index contributed by atoms with van der Waals surface area (Å²) in [4.78, 5) is 0. The summed E-state index contributed by atoms with van der Waals surface area (Å²) < 4.78 is 0. The smallest absolute Gasteiger partial charge is 0.0679 e. The topological polar surface area (TPSA) is 49.8 Å². The van der Waals surface area contributed by atoms with Crippen LogP contribution in [0.3, 0.4) is 0 Å². The summed E-state index contributed by atoms with van der Waals surface area (Å²) in [5.41, 5.74) is 8.58. The summed E-state index contributed by atoms with van der Waals surface area (Å²) in [6.45, 7) is 8.50. The molecule has 1 rings (SSSR count). The van der Waals surface area contributed by atoms with E-state index in [4.69, 9.17) is 5.73 Å². The molecule has 0 aliphatic carbocycles. The molecule has 0 saturated heterocycles. The minimum Gasteiger partial charge on any atom is -0.323 e. The third kappa shape index (κ3) is 3.34. The fourth-order valence-electron chi connectivity index (χ4n) is 2.13. The van der Waals surface area contributed by atoms with Gasteiger partial charge in [0.15, 0.2) is 0 Å². The zero-order chi connectivity index (χ0) is 13.7. The van der Waals surface area contributed by atoms with Gasteiger partial charge in [0.1, 0.15) is 0 Å². The SMILES string of the molecule is CCC(C)c1ccc(C(N)C(C#N)C(C)C)cc1. The van der Waals surface area contributed by atoms with Crippen molar-refractivity contribution in [3.8, 4) is 6.07 Å². The van der Waals surface area contributed by atoms with Gasteiger partial charge in [0.25, 0.3) is 0 Å². The molecule has 98 valence electrons. The van der Waals surface area contributed by atoms with Crippen LogP contribution in [0.1, 0.15) is 57.2 Å². The molecule has 2 nitrogen and oxygen atoms in total. The average molecular weight is 244 g/mol. The maximum Gasteiger partial charge on any atom is 0.0679 e. The van der Waals surface area contributed by atoms with Gasteiger partial charge in [0, 0.05) is 6.04 Å². The molecule has 0 aliphatic rings. The van der Waals surface area contributed by atoms with Crippen LogP contribution in [0.2, 0.25) is 0 Å². The first-order valence-electron chi connectivity index (χ1n) is 6.76. The van der Waals surface area contributed by atoms with Crippen molar-refractivity contribution in [2.45, 2.75) is 46.1 Å². The lowest BCUT2D eigenvalue weighted by molar-refractivity contribution is 0.403. The molecule has 0 saturated carbocycles. The molecule has 0 aromatic heterocycles. The van der Waals surface area contributed by atoms with Crippen LogP contribution >= 0.6 is 0 Å².